The normalized spacial score (nSPS) is 16.9. The Morgan fingerprint density at radius 1 is 0.697 bits per heavy atom. The minimum Gasteiger partial charge on any atom is -0.350 e. The summed E-state index contributed by atoms with van der Waals surface area (Å²) in [7, 11) is 0. The standard InChI is InChI=1S/C24H30N6O2S.C24H29N5O3S/c1-14(2)20(22-27-16(4)28-29-22)24(32)30-11-5-6-19(30)23(31)25-12-17-7-9-18(10-8-17)21-15(3)26-13-33-21;1-14(2)20(23-27-16(4)28-32-23)24(31)29-11-5-6-19(29)22(30)25-12-17-7-9-18(10-8-17)21-15(3)26-13-33-21/h7-10,13-14,19-20H,5-6,11-12H2,1-4H3,(H,25,31)(H,27,28,29);7-10,13-14,19-20H,5-6,11-12H2,1-4H3,(H,25,30). The lowest BCUT2D eigenvalue weighted by atomic mass is 9.93. The molecule has 3 N–H and O–H groups in total. The van der Waals surface area contributed by atoms with E-state index in [2.05, 4.69) is 58.1 Å². The average molecular weight is 934 g/mol. The molecule has 4 amide bonds. The largest absolute Gasteiger partial charge is 0.350 e. The fourth-order valence-corrected chi connectivity index (χ4v) is 10.2. The predicted molar refractivity (Wildman–Crippen MR) is 253 cm³/mol. The molecule has 4 aromatic heterocycles. The molecule has 2 saturated heterocycles. The smallest absolute Gasteiger partial charge is 0.243 e. The quantitative estimate of drug-likeness (QED) is 0.0979. The summed E-state index contributed by atoms with van der Waals surface area (Å²) < 4.78 is 5.30. The third-order valence-corrected chi connectivity index (χ3v) is 14.1. The number of likely N-dealkylation sites (tertiary alicyclic amines) is 2. The molecule has 348 valence electrons. The van der Waals surface area contributed by atoms with Crippen LogP contribution in [0.1, 0.15) is 111 Å². The van der Waals surface area contributed by atoms with Crippen molar-refractivity contribution < 1.29 is 23.7 Å². The van der Waals surface area contributed by atoms with Crippen molar-refractivity contribution in [3.05, 3.63) is 105 Å². The molecule has 0 radical (unpaired) electrons. The zero-order chi connectivity index (χ0) is 47.1. The van der Waals surface area contributed by atoms with Crippen molar-refractivity contribution in [2.75, 3.05) is 13.1 Å². The van der Waals surface area contributed by atoms with Crippen LogP contribution in [0.25, 0.3) is 20.9 Å². The molecule has 2 aliphatic rings. The molecule has 8 rings (SSSR count). The summed E-state index contributed by atoms with van der Waals surface area (Å²) in [6.45, 7) is 17.4. The van der Waals surface area contributed by atoms with Crippen LogP contribution in [-0.2, 0) is 32.3 Å². The van der Waals surface area contributed by atoms with Crippen LogP contribution in [0.2, 0.25) is 0 Å². The highest BCUT2D eigenvalue weighted by Crippen LogP contribution is 2.32. The van der Waals surface area contributed by atoms with Crippen LogP contribution in [-0.4, -0.2) is 93.9 Å². The first kappa shape index (κ1) is 47.8. The van der Waals surface area contributed by atoms with Crippen molar-refractivity contribution in [2.24, 2.45) is 11.8 Å². The summed E-state index contributed by atoms with van der Waals surface area (Å²) in [4.78, 5) is 75.8. The van der Waals surface area contributed by atoms with Gasteiger partial charge < -0.3 is 25.0 Å². The number of aromatic nitrogens is 7. The van der Waals surface area contributed by atoms with Gasteiger partial charge in [0.05, 0.1) is 32.2 Å². The second kappa shape index (κ2) is 21.4. The van der Waals surface area contributed by atoms with E-state index in [0.29, 0.717) is 62.4 Å². The van der Waals surface area contributed by atoms with Crippen LogP contribution in [0, 0.1) is 39.5 Å². The van der Waals surface area contributed by atoms with Crippen molar-refractivity contribution in [3.8, 4) is 20.9 Å². The lowest BCUT2D eigenvalue weighted by molar-refractivity contribution is -0.141. The summed E-state index contributed by atoms with van der Waals surface area (Å²) in [5.41, 5.74) is 9.99. The number of rotatable bonds is 14. The van der Waals surface area contributed by atoms with Crippen LogP contribution in [0.15, 0.2) is 64.1 Å². The second-order valence-electron chi connectivity index (χ2n) is 17.6. The fraction of sp³-hybridized carbons (Fsp3) is 0.458. The van der Waals surface area contributed by atoms with Gasteiger partial charge in [-0.05, 0) is 87.5 Å². The zero-order valence-electron chi connectivity index (χ0n) is 38.8. The molecule has 0 aliphatic carbocycles. The Morgan fingerprint density at radius 2 is 1.17 bits per heavy atom. The first-order valence-corrected chi connectivity index (χ1v) is 24.3. The highest BCUT2D eigenvalue weighted by Gasteiger charge is 2.42. The van der Waals surface area contributed by atoms with E-state index in [0.717, 1.165) is 56.2 Å². The highest BCUT2D eigenvalue weighted by atomic mass is 32.1. The third-order valence-electron chi connectivity index (χ3n) is 12.1. The summed E-state index contributed by atoms with van der Waals surface area (Å²) in [6, 6.07) is 15.3. The number of aromatic amines is 1. The molecule has 0 saturated carbocycles. The van der Waals surface area contributed by atoms with Gasteiger partial charge in [0.25, 0.3) is 0 Å². The molecule has 2 fully saturated rings. The van der Waals surface area contributed by atoms with E-state index in [9.17, 15) is 19.2 Å². The van der Waals surface area contributed by atoms with E-state index in [1.54, 1.807) is 39.4 Å². The Bertz CT molecular complexity index is 2420. The summed E-state index contributed by atoms with van der Waals surface area (Å²) in [5.74, 6) is 0.510. The monoisotopic (exact) mass is 933 g/mol. The number of thiazole rings is 2. The lowest BCUT2D eigenvalue weighted by Crippen LogP contribution is -2.48. The van der Waals surface area contributed by atoms with Crippen LogP contribution in [0.5, 0.6) is 0 Å². The van der Waals surface area contributed by atoms with Crippen molar-refractivity contribution in [1.29, 1.82) is 0 Å². The molecule has 16 nitrogen and oxygen atoms in total. The maximum atomic E-state index is 13.4. The number of hydrogen-bond acceptors (Lipinski definition) is 13. The average Bonchev–Trinajstić information content (AvgIpc) is 4.17. The van der Waals surface area contributed by atoms with Crippen molar-refractivity contribution in [2.45, 2.75) is 118 Å². The molecule has 2 aliphatic heterocycles. The number of amides is 4. The molecule has 18 heteroatoms. The second-order valence-corrected chi connectivity index (χ2v) is 19.4. The van der Waals surface area contributed by atoms with Crippen LogP contribution in [0.4, 0.5) is 0 Å². The molecule has 0 bridgehead atoms. The van der Waals surface area contributed by atoms with Gasteiger partial charge in [-0.2, -0.15) is 10.1 Å². The molecular weight excluding hydrogens is 875 g/mol. The van der Waals surface area contributed by atoms with Gasteiger partial charge in [-0.15, -0.1) is 22.7 Å². The zero-order valence-corrected chi connectivity index (χ0v) is 40.5. The number of nitrogens with zero attached hydrogens (tertiary/aromatic N) is 8. The topological polar surface area (TPSA) is 205 Å². The molecule has 6 heterocycles. The molecule has 66 heavy (non-hydrogen) atoms. The van der Waals surface area contributed by atoms with Crippen LogP contribution in [0.3, 0.4) is 0 Å². The van der Waals surface area contributed by atoms with Gasteiger partial charge in [0.2, 0.25) is 29.5 Å². The third kappa shape index (κ3) is 11.1. The van der Waals surface area contributed by atoms with E-state index in [1.165, 1.54) is 0 Å². The number of aryl methyl sites for hydroxylation is 4. The lowest BCUT2D eigenvalue weighted by Gasteiger charge is -2.28. The van der Waals surface area contributed by atoms with E-state index >= 15 is 0 Å². The number of benzene rings is 2. The summed E-state index contributed by atoms with van der Waals surface area (Å²) in [6.07, 6.45) is 2.92. The first-order valence-electron chi connectivity index (χ1n) is 22.5. The Kier molecular flexibility index (Phi) is 15.5. The number of carbonyl (C=O) groups excluding carboxylic acids is 4. The maximum Gasteiger partial charge on any atom is 0.243 e. The van der Waals surface area contributed by atoms with Gasteiger partial charge >= 0.3 is 0 Å². The van der Waals surface area contributed by atoms with E-state index in [1.807, 2.05) is 95.9 Å². The Balaban J connectivity index is 0.000000196. The summed E-state index contributed by atoms with van der Waals surface area (Å²) in [5, 5.41) is 16.9. The Labute approximate surface area is 393 Å². The van der Waals surface area contributed by atoms with Gasteiger partial charge in [0.1, 0.15) is 29.7 Å². The van der Waals surface area contributed by atoms with E-state index < -0.39 is 23.9 Å². The van der Waals surface area contributed by atoms with Gasteiger partial charge in [0, 0.05) is 26.2 Å². The number of carbonyl (C=O) groups is 4. The van der Waals surface area contributed by atoms with Crippen molar-refractivity contribution >= 4 is 46.3 Å². The van der Waals surface area contributed by atoms with Crippen LogP contribution < -0.4 is 10.6 Å². The van der Waals surface area contributed by atoms with E-state index in [4.69, 9.17) is 4.52 Å². The minimum absolute atomic E-state index is 0.0256. The van der Waals surface area contributed by atoms with Crippen molar-refractivity contribution in [3.63, 3.8) is 0 Å². The predicted octanol–water partition coefficient (Wildman–Crippen LogP) is 7.45. The highest BCUT2D eigenvalue weighted by molar-refractivity contribution is 7.13. The molecule has 0 spiro atoms. The fourth-order valence-electron chi connectivity index (χ4n) is 8.59. The number of H-pyrrole nitrogens is 1. The number of nitrogens with one attached hydrogen (secondary N) is 3. The van der Waals surface area contributed by atoms with Gasteiger partial charge in [-0.3, -0.25) is 24.3 Å². The molecule has 4 unspecified atom stereocenters. The molecule has 2 aromatic carbocycles. The van der Waals surface area contributed by atoms with E-state index in [-0.39, 0.29) is 35.5 Å². The Morgan fingerprint density at radius 3 is 1.55 bits per heavy atom. The first-order chi connectivity index (χ1) is 31.7. The molecular formula is C48H59N11O5S2. The number of hydrogen-bond donors (Lipinski definition) is 3. The van der Waals surface area contributed by atoms with Gasteiger partial charge in [-0.1, -0.05) is 81.4 Å². The molecule has 6 aromatic rings. The van der Waals surface area contributed by atoms with Crippen molar-refractivity contribution in [1.82, 2.24) is 55.7 Å². The minimum atomic E-state index is -0.553. The Hall–Kier alpha value is -6.14. The summed E-state index contributed by atoms with van der Waals surface area (Å²) >= 11 is 3.24. The molecule has 4 atom stereocenters. The van der Waals surface area contributed by atoms with Gasteiger partial charge in [-0.25, -0.2) is 15.0 Å². The van der Waals surface area contributed by atoms with Gasteiger partial charge in [0.15, 0.2) is 11.6 Å². The maximum absolute atomic E-state index is 13.4. The van der Waals surface area contributed by atoms with Crippen LogP contribution >= 0.6 is 22.7 Å². The SMILES string of the molecule is Cc1nc(C(C(=O)N2CCCC2C(=O)NCc2ccc(-c3scnc3C)cc2)C(C)C)n[nH]1.Cc1noc(C(C(=O)N2CCCC2C(=O)NCc2ccc(-c3scnc3C)cc2)C(C)C)n1.